The Morgan fingerprint density at radius 3 is 2.64 bits per heavy atom. The van der Waals surface area contributed by atoms with E-state index in [1.807, 2.05) is 36.5 Å². The molecule has 0 aliphatic rings. The maximum absolute atomic E-state index is 12.2. The lowest BCUT2D eigenvalue weighted by Gasteiger charge is -2.09. The monoisotopic (exact) mass is 399 g/mol. The number of phenols is 1. The molecule has 1 amide bonds. The van der Waals surface area contributed by atoms with E-state index < -0.39 is 9.84 Å². The van der Waals surface area contributed by atoms with Crippen LogP contribution in [0, 0.1) is 0 Å². The lowest BCUT2D eigenvalue weighted by Crippen LogP contribution is -2.13. The number of aryl methyl sites for hydroxylation is 1. The summed E-state index contributed by atoms with van der Waals surface area (Å²) in [7, 11) is -3.43. The molecule has 146 valence electrons. The molecule has 0 aliphatic carbocycles. The number of para-hydroxylation sites is 1. The van der Waals surface area contributed by atoms with E-state index in [1.54, 1.807) is 10.9 Å². The van der Waals surface area contributed by atoms with Crippen LogP contribution in [0.25, 0.3) is 5.69 Å². The fraction of sp³-hybridized carbons (Fsp3) is 0.200. The van der Waals surface area contributed by atoms with E-state index in [2.05, 4.69) is 10.4 Å². The zero-order chi connectivity index (χ0) is 20.1. The van der Waals surface area contributed by atoms with Crippen molar-refractivity contribution in [3.8, 4) is 11.4 Å². The average molecular weight is 399 g/mol. The van der Waals surface area contributed by atoms with Crippen LogP contribution < -0.4 is 5.32 Å². The Bertz CT molecular complexity index is 1080. The number of nitrogens with zero attached hydrogens (tertiary/aromatic N) is 2. The maximum atomic E-state index is 12.2. The molecule has 0 bridgehead atoms. The van der Waals surface area contributed by atoms with E-state index in [4.69, 9.17) is 0 Å². The summed E-state index contributed by atoms with van der Waals surface area (Å²) >= 11 is 0. The second kappa shape index (κ2) is 8.26. The third kappa shape index (κ3) is 4.58. The van der Waals surface area contributed by atoms with Crippen LogP contribution in [0.2, 0.25) is 0 Å². The molecule has 3 rings (SSSR count). The van der Waals surface area contributed by atoms with Crippen molar-refractivity contribution in [2.24, 2.45) is 0 Å². The highest BCUT2D eigenvalue weighted by Gasteiger charge is 2.15. The molecule has 1 aromatic heterocycles. The van der Waals surface area contributed by atoms with Gasteiger partial charge in [-0.05, 0) is 42.3 Å². The zero-order valence-corrected chi connectivity index (χ0v) is 16.2. The number of benzene rings is 2. The fourth-order valence-electron chi connectivity index (χ4n) is 2.66. The van der Waals surface area contributed by atoms with E-state index in [9.17, 15) is 18.3 Å². The first-order valence-electron chi connectivity index (χ1n) is 8.83. The summed E-state index contributed by atoms with van der Waals surface area (Å²) in [5.74, 6) is -0.564. The number of hydrogen-bond donors (Lipinski definition) is 2. The SMILES string of the molecule is CCS(=O)(=O)c1ccc(O)c(NC(=O)CCc2cnn(-c3ccccc3)c2)c1. The van der Waals surface area contributed by atoms with Gasteiger partial charge >= 0.3 is 0 Å². The molecule has 8 heteroatoms. The van der Waals surface area contributed by atoms with Crippen molar-refractivity contribution in [1.82, 2.24) is 9.78 Å². The van der Waals surface area contributed by atoms with E-state index in [-0.39, 0.29) is 34.4 Å². The predicted molar refractivity (Wildman–Crippen MR) is 106 cm³/mol. The minimum absolute atomic E-state index is 0.0590. The minimum atomic E-state index is -3.43. The van der Waals surface area contributed by atoms with Crippen molar-refractivity contribution in [3.05, 3.63) is 66.5 Å². The molecule has 0 spiro atoms. The Balaban J connectivity index is 1.64. The highest BCUT2D eigenvalue weighted by atomic mass is 32.2. The normalized spacial score (nSPS) is 11.3. The Labute approximate surface area is 163 Å². The van der Waals surface area contributed by atoms with Crippen molar-refractivity contribution in [2.75, 3.05) is 11.1 Å². The van der Waals surface area contributed by atoms with Gasteiger partial charge in [-0.3, -0.25) is 4.79 Å². The van der Waals surface area contributed by atoms with E-state index in [0.717, 1.165) is 11.3 Å². The molecule has 2 N–H and O–H groups in total. The predicted octanol–water partition coefficient (Wildman–Crippen LogP) is 2.94. The number of carbonyl (C=O) groups is 1. The van der Waals surface area contributed by atoms with Gasteiger partial charge < -0.3 is 10.4 Å². The molecule has 2 aromatic carbocycles. The van der Waals surface area contributed by atoms with Crippen molar-refractivity contribution in [2.45, 2.75) is 24.7 Å². The summed E-state index contributed by atoms with van der Waals surface area (Å²) in [6.07, 6.45) is 4.19. The summed E-state index contributed by atoms with van der Waals surface area (Å²) in [5, 5.41) is 16.8. The topological polar surface area (TPSA) is 101 Å². The number of aromatic hydroxyl groups is 1. The molecule has 0 radical (unpaired) electrons. The number of nitrogens with one attached hydrogen (secondary N) is 1. The van der Waals surface area contributed by atoms with Crippen LogP contribution in [0.1, 0.15) is 18.9 Å². The van der Waals surface area contributed by atoms with Crippen LogP contribution in [0.5, 0.6) is 5.75 Å². The van der Waals surface area contributed by atoms with E-state index >= 15 is 0 Å². The number of phenolic OH excluding ortho intramolecular Hbond substituents is 1. The van der Waals surface area contributed by atoms with Gasteiger partial charge in [-0.15, -0.1) is 0 Å². The van der Waals surface area contributed by atoms with Gasteiger partial charge in [-0.2, -0.15) is 5.10 Å². The molecular weight excluding hydrogens is 378 g/mol. The van der Waals surface area contributed by atoms with Crippen LogP contribution in [-0.2, 0) is 21.1 Å². The lowest BCUT2D eigenvalue weighted by molar-refractivity contribution is -0.116. The number of hydrogen-bond acceptors (Lipinski definition) is 5. The molecule has 7 nitrogen and oxygen atoms in total. The molecule has 1 heterocycles. The van der Waals surface area contributed by atoms with Gasteiger partial charge in [0.2, 0.25) is 5.91 Å². The first kappa shape index (κ1) is 19.6. The van der Waals surface area contributed by atoms with Crippen LogP contribution in [0.3, 0.4) is 0 Å². The number of carbonyl (C=O) groups excluding carboxylic acids is 1. The van der Waals surface area contributed by atoms with Crippen LogP contribution in [-0.4, -0.2) is 35.0 Å². The van der Waals surface area contributed by atoms with Gasteiger partial charge in [0.25, 0.3) is 0 Å². The fourth-order valence-corrected chi connectivity index (χ4v) is 3.56. The first-order chi connectivity index (χ1) is 13.4. The Morgan fingerprint density at radius 1 is 1.18 bits per heavy atom. The summed E-state index contributed by atoms with van der Waals surface area (Å²) < 4.78 is 25.7. The van der Waals surface area contributed by atoms with E-state index in [0.29, 0.717) is 6.42 Å². The Kier molecular flexibility index (Phi) is 5.79. The van der Waals surface area contributed by atoms with Gasteiger partial charge in [0, 0.05) is 12.6 Å². The highest BCUT2D eigenvalue weighted by molar-refractivity contribution is 7.91. The number of amides is 1. The Hall–Kier alpha value is -3.13. The molecule has 3 aromatic rings. The smallest absolute Gasteiger partial charge is 0.224 e. The van der Waals surface area contributed by atoms with Gasteiger partial charge in [0.05, 0.1) is 28.2 Å². The van der Waals surface area contributed by atoms with Crippen LogP contribution in [0.4, 0.5) is 5.69 Å². The molecule has 0 unspecified atom stereocenters. The maximum Gasteiger partial charge on any atom is 0.224 e. The molecular formula is C20H21N3O4S. The first-order valence-corrected chi connectivity index (χ1v) is 10.5. The standard InChI is InChI=1S/C20H21N3O4S/c1-2-28(26,27)17-9-10-19(24)18(12-17)22-20(25)11-8-15-13-21-23(14-15)16-6-4-3-5-7-16/h3-7,9-10,12-14,24H,2,8,11H2,1H3,(H,22,25). The summed E-state index contributed by atoms with van der Waals surface area (Å²) in [6.45, 7) is 1.54. The van der Waals surface area contributed by atoms with Gasteiger partial charge in [0.15, 0.2) is 9.84 Å². The highest BCUT2D eigenvalue weighted by Crippen LogP contribution is 2.27. The second-order valence-electron chi connectivity index (χ2n) is 6.26. The summed E-state index contributed by atoms with van der Waals surface area (Å²) in [4.78, 5) is 12.3. The molecule has 0 aliphatic heterocycles. The van der Waals surface area contributed by atoms with Crippen LogP contribution in [0.15, 0.2) is 65.8 Å². The van der Waals surface area contributed by atoms with Crippen molar-refractivity contribution >= 4 is 21.4 Å². The van der Waals surface area contributed by atoms with Crippen molar-refractivity contribution in [1.29, 1.82) is 0 Å². The van der Waals surface area contributed by atoms with Crippen molar-refractivity contribution < 1.29 is 18.3 Å². The zero-order valence-electron chi connectivity index (χ0n) is 15.4. The summed E-state index contributed by atoms with van der Waals surface area (Å²) in [5.41, 5.74) is 1.90. The number of rotatable bonds is 7. The average Bonchev–Trinajstić information content (AvgIpc) is 3.18. The van der Waals surface area contributed by atoms with Crippen LogP contribution >= 0.6 is 0 Å². The number of anilines is 1. The van der Waals surface area contributed by atoms with Gasteiger partial charge in [-0.1, -0.05) is 25.1 Å². The van der Waals surface area contributed by atoms with Crippen molar-refractivity contribution in [3.63, 3.8) is 0 Å². The largest absolute Gasteiger partial charge is 0.506 e. The quantitative estimate of drug-likeness (QED) is 0.595. The third-order valence-electron chi connectivity index (χ3n) is 4.28. The lowest BCUT2D eigenvalue weighted by atomic mass is 10.2. The molecule has 0 fully saturated rings. The Morgan fingerprint density at radius 2 is 1.93 bits per heavy atom. The van der Waals surface area contributed by atoms with Gasteiger partial charge in [-0.25, -0.2) is 13.1 Å². The molecule has 0 saturated carbocycles. The third-order valence-corrected chi connectivity index (χ3v) is 6.01. The summed E-state index contributed by atoms with van der Waals surface area (Å²) in [6, 6.07) is 13.5. The van der Waals surface area contributed by atoms with Gasteiger partial charge in [0.1, 0.15) is 5.75 Å². The number of aromatic nitrogens is 2. The molecule has 0 saturated heterocycles. The molecule has 28 heavy (non-hydrogen) atoms. The van der Waals surface area contributed by atoms with E-state index in [1.165, 1.54) is 25.1 Å². The second-order valence-corrected chi connectivity index (χ2v) is 8.54. The minimum Gasteiger partial charge on any atom is -0.506 e. The number of sulfone groups is 1. The molecule has 0 atom stereocenters.